The Labute approximate surface area is 194 Å². The first-order chi connectivity index (χ1) is 15.9. The molecule has 0 bridgehead atoms. The summed E-state index contributed by atoms with van der Waals surface area (Å²) in [5.74, 6) is -0.640. The van der Waals surface area contributed by atoms with Crippen LogP contribution in [0.3, 0.4) is 0 Å². The average molecular weight is 440 g/mol. The van der Waals surface area contributed by atoms with Crippen molar-refractivity contribution in [2.24, 2.45) is 0 Å². The Hall–Kier alpha value is -3.24. The largest absolute Gasteiger partial charge is 0.375 e. The van der Waals surface area contributed by atoms with Crippen molar-refractivity contribution in [2.75, 3.05) is 4.90 Å². The third-order valence-corrected chi connectivity index (χ3v) is 7.16. The van der Waals surface area contributed by atoms with Gasteiger partial charge in [0.1, 0.15) is 0 Å². The van der Waals surface area contributed by atoms with Gasteiger partial charge in [-0.1, -0.05) is 54.1 Å². The molecular weight excluding hydrogens is 410 g/mol. The van der Waals surface area contributed by atoms with Crippen molar-refractivity contribution in [3.63, 3.8) is 0 Å². The molecule has 4 nitrogen and oxygen atoms in total. The van der Waals surface area contributed by atoms with Crippen LogP contribution in [0.25, 0.3) is 0 Å². The van der Waals surface area contributed by atoms with Crippen LogP contribution in [0.1, 0.15) is 63.0 Å². The zero-order chi connectivity index (χ0) is 23.2. The summed E-state index contributed by atoms with van der Waals surface area (Å²) in [7, 11) is 0. The van der Waals surface area contributed by atoms with Gasteiger partial charge >= 0.3 is 0 Å². The summed E-state index contributed by atoms with van der Waals surface area (Å²) in [6.45, 7) is 4.40. The van der Waals surface area contributed by atoms with E-state index in [-0.39, 0.29) is 12.2 Å². The monoisotopic (exact) mass is 439 g/mol. The number of carbonyl (C=O) groups excluding carboxylic acids is 2. The molecule has 1 aliphatic carbocycles. The quantitative estimate of drug-likeness (QED) is 0.557. The highest BCUT2D eigenvalue weighted by Crippen LogP contribution is 2.43. The maximum atomic E-state index is 13.6. The zero-order valence-corrected chi connectivity index (χ0v) is 19.2. The molecule has 0 aromatic heterocycles. The minimum absolute atomic E-state index is 0.206. The lowest BCUT2D eigenvalue weighted by molar-refractivity contribution is -0.136. The van der Waals surface area contributed by atoms with Gasteiger partial charge in [0.2, 0.25) is 0 Å². The number of hydrogen-bond acceptors (Lipinski definition) is 3. The summed E-state index contributed by atoms with van der Waals surface area (Å²) in [5, 5.41) is 11.6. The Morgan fingerprint density at radius 1 is 0.970 bits per heavy atom. The number of rotatable bonds is 5. The highest BCUT2D eigenvalue weighted by atomic mass is 16.3. The number of ketones is 1. The standard InChI is InChI=1S/C29H29NO3/c1-19-11-12-20(2)24(15-19)18-30-26-10-6-5-9-25(26)29(33,28(30)32)17-27(31)23-14-13-21-7-3-4-8-22(21)16-23/h5-6,9-16,33H,3-4,7-8,17-18H2,1-2H3/t29-/m0/s1. The van der Waals surface area contributed by atoms with Crippen molar-refractivity contribution in [3.8, 4) is 0 Å². The summed E-state index contributed by atoms with van der Waals surface area (Å²) in [6, 6.07) is 19.3. The molecule has 0 spiro atoms. The molecule has 0 radical (unpaired) electrons. The van der Waals surface area contributed by atoms with Gasteiger partial charge in [0.25, 0.3) is 5.91 Å². The Bertz CT molecular complexity index is 1260. The predicted octanol–water partition coefficient (Wildman–Crippen LogP) is 5.19. The third kappa shape index (κ3) is 3.79. The van der Waals surface area contributed by atoms with Crippen LogP contribution in [-0.4, -0.2) is 16.8 Å². The number of benzene rings is 3. The molecule has 0 unspecified atom stereocenters. The van der Waals surface area contributed by atoms with E-state index in [0.717, 1.165) is 36.0 Å². The molecule has 0 fully saturated rings. The first-order valence-electron chi connectivity index (χ1n) is 11.7. The number of aliphatic hydroxyl groups is 1. The van der Waals surface area contributed by atoms with E-state index in [2.05, 4.69) is 6.07 Å². The van der Waals surface area contributed by atoms with Crippen molar-refractivity contribution < 1.29 is 14.7 Å². The van der Waals surface area contributed by atoms with Crippen LogP contribution in [-0.2, 0) is 29.8 Å². The van der Waals surface area contributed by atoms with Gasteiger partial charge in [-0.15, -0.1) is 0 Å². The van der Waals surface area contributed by atoms with E-state index in [4.69, 9.17) is 0 Å². The first-order valence-corrected chi connectivity index (χ1v) is 11.7. The van der Waals surface area contributed by atoms with Gasteiger partial charge in [0.05, 0.1) is 18.7 Å². The molecule has 1 atom stereocenters. The third-order valence-electron chi connectivity index (χ3n) is 7.16. The van der Waals surface area contributed by atoms with Gasteiger partial charge in [-0.2, -0.15) is 0 Å². The molecule has 1 heterocycles. The predicted molar refractivity (Wildman–Crippen MR) is 129 cm³/mol. The summed E-state index contributed by atoms with van der Waals surface area (Å²) in [6.07, 6.45) is 4.08. The SMILES string of the molecule is Cc1ccc(C)c(CN2C(=O)[C@](O)(CC(=O)c3ccc4c(c3)CCCC4)c3ccccc32)c1. The molecule has 1 N–H and O–H groups in total. The normalized spacial score (nSPS) is 19.4. The van der Waals surface area contributed by atoms with Crippen LogP contribution >= 0.6 is 0 Å². The van der Waals surface area contributed by atoms with Gasteiger partial charge in [-0.3, -0.25) is 9.59 Å². The number of amides is 1. The van der Waals surface area contributed by atoms with E-state index in [1.165, 1.54) is 17.5 Å². The van der Waals surface area contributed by atoms with Crippen molar-refractivity contribution in [1.29, 1.82) is 0 Å². The molecule has 1 amide bonds. The molecule has 0 saturated carbocycles. The fourth-order valence-corrected chi connectivity index (χ4v) is 5.22. The number of carbonyl (C=O) groups is 2. The number of nitrogens with zero attached hydrogens (tertiary/aromatic N) is 1. The van der Waals surface area contributed by atoms with Crippen LogP contribution in [0.2, 0.25) is 0 Å². The molecule has 5 rings (SSSR count). The maximum absolute atomic E-state index is 13.6. The Kier molecular flexibility index (Phi) is 5.41. The molecule has 168 valence electrons. The maximum Gasteiger partial charge on any atom is 0.264 e. The number of para-hydroxylation sites is 1. The van der Waals surface area contributed by atoms with Gasteiger partial charge < -0.3 is 10.0 Å². The second kappa shape index (κ2) is 8.27. The molecule has 3 aromatic rings. The summed E-state index contributed by atoms with van der Waals surface area (Å²) < 4.78 is 0. The smallest absolute Gasteiger partial charge is 0.264 e. The number of hydrogen-bond donors (Lipinski definition) is 1. The zero-order valence-electron chi connectivity index (χ0n) is 19.2. The van der Waals surface area contributed by atoms with E-state index in [1.54, 1.807) is 11.0 Å². The minimum Gasteiger partial charge on any atom is -0.375 e. The van der Waals surface area contributed by atoms with Crippen molar-refractivity contribution in [3.05, 3.63) is 99.6 Å². The van der Waals surface area contributed by atoms with Crippen LogP contribution in [0.4, 0.5) is 5.69 Å². The van der Waals surface area contributed by atoms with Crippen molar-refractivity contribution >= 4 is 17.4 Å². The van der Waals surface area contributed by atoms with Crippen LogP contribution in [0, 0.1) is 13.8 Å². The lowest BCUT2D eigenvalue weighted by Crippen LogP contribution is -2.41. The number of fused-ring (bicyclic) bond motifs is 2. The number of aryl methyl sites for hydroxylation is 4. The van der Waals surface area contributed by atoms with E-state index in [9.17, 15) is 14.7 Å². The lowest BCUT2D eigenvalue weighted by Gasteiger charge is -2.24. The summed E-state index contributed by atoms with van der Waals surface area (Å²) >= 11 is 0. The van der Waals surface area contributed by atoms with Crippen molar-refractivity contribution in [2.45, 2.75) is 58.1 Å². The lowest BCUT2D eigenvalue weighted by atomic mass is 9.85. The molecule has 4 heteroatoms. The van der Waals surface area contributed by atoms with Gasteiger partial charge in [-0.05, 0) is 73.9 Å². The summed E-state index contributed by atoms with van der Waals surface area (Å²) in [5.41, 5.74) is 5.65. The molecule has 3 aromatic carbocycles. The topological polar surface area (TPSA) is 57.6 Å². The second-order valence-electron chi connectivity index (χ2n) is 9.49. The Morgan fingerprint density at radius 2 is 1.73 bits per heavy atom. The fraction of sp³-hybridized carbons (Fsp3) is 0.310. The van der Waals surface area contributed by atoms with E-state index >= 15 is 0 Å². The fourth-order valence-electron chi connectivity index (χ4n) is 5.22. The van der Waals surface area contributed by atoms with E-state index < -0.39 is 11.5 Å². The average Bonchev–Trinajstić information content (AvgIpc) is 3.03. The molecular formula is C29H29NO3. The Balaban J connectivity index is 1.46. The minimum atomic E-state index is -1.86. The molecule has 2 aliphatic rings. The number of anilines is 1. The van der Waals surface area contributed by atoms with Crippen LogP contribution in [0.5, 0.6) is 0 Å². The van der Waals surface area contributed by atoms with Gasteiger partial charge in [0.15, 0.2) is 11.4 Å². The summed E-state index contributed by atoms with van der Waals surface area (Å²) in [4.78, 5) is 28.5. The van der Waals surface area contributed by atoms with Gasteiger partial charge in [0, 0.05) is 11.1 Å². The molecule has 0 saturated heterocycles. The second-order valence-corrected chi connectivity index (χ2v) is 9.49. The van der Waals surface area contributed by atoms with E-state index in [1.807, 2.05) is 62.4 Å². The Morgan fingerprint density at radius 3 is 2.55 bits per heavy atom. The first kappa shape index (κ1) is 21.6. The molecule has 1 aliphatic heterocycles. The van der Waals surface area contributed by atoms with Crippen molar-refractivity contribution in [1.82, 2.24) is 0 Å². The highest BCUT2D eigenvalue weighted by molar-refractivity contribution is 6.10. The van der Waals surface area contributed by atoms with Gasteiger partial charge in [-0.25, -0.2) is 0 Å². The van der Waals surface area contributed by atoms with Crippen LogP contribution < -0.4 is 4.90 Å². The van der Waals surface area contributed by atoms with E-state index in [0.29, 0.717) is 23.4 Å². The molecule has 33 heavy (non-hydrogen) atoms. The number of Topliss-reactive ketones (excluding diaryl/α,β-unsaturated/α-hetero) is 1. The highest BCUT2D eigenvalue weighted by Gasteiger charge is 2.50. The van der Waals surface area contributed by atoms with Crippen LogP contribution in [0.15, 0.2) is 60.7 Å².